The van der Waals surface area contributed by atoms with Crippen LogP contribution in [0.15, 0.2) is 42.1 Å². The average molecular weight is 559 g/mol. The van der Waals surface area contributed by atoms with Gasteiger partial charge in [0.1, 0.15) is 35.7 Å². The number of hydrogen-bond donors (Lipinski definition) is 3. The normalized spacial score (nSPS) is 42.5. The van der Waals surface area contributed by atoms with E-state index in [-0.39, 0.29) is 30.1 Å². The van der Waals surface area contributed by atoms with E-state index in [9.17, 15) is 19.5 Å². The van der Waals surface area contributed by atoms with Crippen LogP contribution in [0.2, 0.25) is 0 Å². The van der Waals surface area contributed by atoms with E-state index in [0.29, 0.717) is 5.69 Å². The fourth-order valence-electron chi connectivity index (χ4n) is 7.43. The molecule has 4 aliphatic rings. The lowest BCUT2D eigenvalue weighted by Crippen LogP contribution is -2.58. The monoisotopic (exact) mass is 558 g/mol. The first-order chi connectivity index (χ1) is 19.0. The third kappa shape index (κ3) is 4.53. The molecule has 2 fully saturated rings. The predicted octanol–water partition coefficient (Wildman–Crippen LogP) is 2.50. The Labute approximate surface area is 233 Å². The summed E-state index contributed by atoms with van der Waals surface area (Å²) in [6.45, 7) is 7.24. The molecule has 4 bridgehead atoms. The Morgan fingerprint density at radius 3 is 2.60 bits per heavy atom. The Bertz CT molecular complexity index is 1190. The van der Waals surface area contributed by atoms with Crippen LogP contribution in [-0.2, 0) is 28.5 Å². The number of ether oxygens (including phenoxy) is 5. The number of primary amides is 1. The van der Waals surface area contributed by atoms with Crippen molar-refractivity contribution in [1.29, 1.82) is 0 Å². The van der Waals surface area contributed by atoms with Crippen LogP contribution in [0.1, 0.15) is 44.6 Å². The number of nitrogens with one attached hydrogen (secondary N) is 1. The van der Waals surface area contributed by atoms with Crippen LogP contribution in [0.4, 0.5) is 4.79 Å². The van der Waals surface area contributed by atoms with Crippen molar-refractivity contribution >= 4 is 18.0 Å². The van der Waals surface area contributed by atoms with E-state index in [1.54, 1.807) is 25.3 Å². The van der Waals surface area contributed by atoms with E-state index in [1.165, 1.54) is 7.11 Å². The Hall–Kier alpha value is -3.15. The number of methoxy groups -OCH3 is 1. The van der Waals surface area contributed by atoms with E-state index in [4.69, 9.17) is 29.4 Å². The maximum atomic E-state index is 13.2. The highest BCUT2D eigenvalue weighted by molar-refractivity contribution is 5.87. The highest BCUT2D eigenvalue weighted by atomic mass is 16.6. The van der Waals surface area contributed by atoms with E-state index < -0.39 is 66.2 Å². The molecule has 2 aliphatic carbocycles. The molecule has 1 saturated heterocycles. The van der Waals surface area contributed by atoms with Crippen LogP contribution in [0.5, 0.6) is 0 Å². The van der Waals surface area contributed by atoms with Crippen molar-refractivity contribution in [3.63, 3.8) is 0 Å². The molecule has 1 spiro atoms. The van der Waals surface area contributed by atoms with Gasteiger partial charge in [0, 0.05) is 42.9 Å². The largest absolute Gasteiger partial charge is 0.457 e. The molecule has 1 aromatic rings. The number of carbonyl (C=O) groups is 3. The molecule has 5 rings (SSSR count). The first-order valence-electron chi connectivity index (χ1n) is 13.8. The van der Waals surface area contributed by atoms with E-state index >= 15 is 0 Å². The van der Waals surface area contributed by atoms with Gasteiger partial charge in [0.15, 0.2) is 6.10 Å². The molecule has 1 saturated carbocycles. The van der Waals surface area contributed by atoms with Crippen LogP contribution in [0, 0.1) is 29.6 Å². The Morgan fingerprint density at radius 1 is 1.23 bits per heavy atom. The van der Waals surface area contributed by atoms with Crippen LogP contribution in [-0.4, -0.2) is 77.5 Å². The van der Waals surface area contributed by atoms with Crippen molar-refractivity contribution < 1.29 is 43.2 Å². The molecule has 1 aromatic heterocycles. The predicted molar refractivity (Wildman–Crippen MR) is 141 cm³/mol. The third-order valence-corrected chi connectivity index (χ3v) is 9.15. The van der Waals surface area contributed by atoms with Crippen molar-refractivity contribution in [3.8, 4) is 0 Å². The van der Waals surface area contributed by atoms with Gasteiger partial charge in [-0.2, -0.15) is 0 Å². The van der Waals surface area contributed by atoms with Crippen molar-refractivity contribution in [3.05, 3.63) is 47.8 Å². The van der Waals surface area contributed by atoms with E-state index in [2.05, 4.69) is 4.98 Å². The zero-order valence-corrected chi connectivity index (χ0v) is 23.3. The molecule has 1 amide bonds. The number of nitrogens with two attached hydrogens (primary N) is 1. The number of aliphatic hydroxyl groups excluding tert-OH is 1. The fourth-order valence-corrected chi connectivity index (χ4v) is 7.43. The van der Waals surface area contributed by atoms with Gasteiger partial charge in [-0.05, 0) is 38.0 Å². The van der Waals surface area contributed by atoms with Gasteiger partial charge in [-0.3, -0.25) is 0 Å². The lowest BCUT2D eigenvalue weighted by Gasteiger charge is -2.49. The molecule has 40 heavy (non-hydrogen) atoms. The number of aromatic nitrogens is 1. The van der Waals surface area contributed by atoms with Gasteiger partial charge in [0.05, 0.1) is 6.10 Å². The van der Waals surface area contributed by atoms with Crippen LogP contribution in [0.25, 0.3) is 0 Å². The van der Waals surface area contributed by atoms with E-state index in [1.807, 2.05) is 39.0 Å². The van der Waals surface area contributed by atoms with Crippen LogP contribution < -0.4 is 5.73 Å². The second kappa shape index (κ2) is 10.7. The SMILES string of the molecule is CO[C@H]1CC2C=C[C@H]3[C@H]4O[C@]2(/C(C)=C/[C@@H](C)[C@@H](C(C)O)OC1=O)[C@@H]3[C@H](OC(N)=O)[C@@H](C)[C@H]4OC(=O)c1ccc[nH]1. The molecular weight excluding hydrogens is 520 g/mol. The van der Waals surface area contributed by atoms with Gasteiger partial charge in [-0.25, -0.2) is 14.4 Å². The summed E-state index contributed by atoms with van der Waals surface area (Å²) < 4.78 is 30.1. The molecule has 2 aliphatic heterocycles. The second-order valence-corrected chi connectivity index (χ2v) is 11.5. The molecule has 0 aromatic carbocycles. The molecule has 11 nitrogen and oxygen atoms in total. The minimum Gasteiger partial charge on any atom is -0.457 e. The zero-order valence-electron chi connectivity index (χ0n) is 23.3. The topological polar surface area (TPSA) is 159 Å². The lowest BCUT2D eigenvalue weighted by molar-refractivity contribution is -0.172. The third-order valence-electron chi connectivity index (χ3n) is 9.15. The van der Waals surface area contributed by atoms with Gasteiger partial charge >= 0.3 is 18.0 Å². The summed E-state index contributed by atoms with van der Waals surface area (Å²) in [6.07, 6.45) is 2.16. The Kier molecular flexibility index (Phi) is 7.58. The first-order valence-corrected chi connectivity index (χ1v) is 13.8. The van der Waals surface area contributed by atoms with Crippen molar-refractivity contribution in [1.82, 2.24) is 4.98 Å². The number of H-pyrrole nitrogens is 1. The minimum atomic E-state index is -1.03. The summed E-state index contributed by atoms with van der Waals surface area (Å²) in [5, 5.41) is 10.5. The molecule has 11 heteroatoms. The molecule has 4 N–H and O–H groups in total. The van der Waals surface area contributed by atoms with Crippen LogP contribution in [0.3, 0.4) is 0 Å². The molecular formula is C29H38N2O9. The standard InChI is InChI=1S/C29H38N2O9/c1-13-11-14(2)29-17(12-20(36-5)27(34)37-22(13)16(4)32)8-9-18-21(29)23(39-28(30)35)15(3)24(25(18)40-29)38-26(33)19-7-6-10-31-19/h6-11,13,15-18,20-25,31-32H,12H2,1-5H3,(H2,30,35)/b14-11+/t13-,15-,16?,17?,18-,20+,21+,22+,23-,24-,25-,29+/m1/s1. The maximum absolute atomic E-state index is 13.2. The Morgan fingerprint density at radius 2 is 1.98 bits per heavy atom. The number of rotatable bonds is 5. The van der Waals surface area contributed by atoms with Crippen LogP contribution >= 0.6 is 0 Å². The molecule has 3 heterocycles. The smallest absolute Gasteiger partial charge is 0.404 e. The van der Waals surface area contributed by atoms with Gasteiger partial charge < -0.3 is 39.5 Å². The number of carbonyl (C=O) groups excluding carboxylic acids is 3. The summed E-state index contributed by atoms with van der Waals surface area (Å²) in [7, 11) is 1.44. The fraction of sp³-hybridized carbons (Fsp3) is 0.621. The number of amides is 1. The number of aliphatic hydroxyl groups is 1. The molecule has 12 atom stereocenters. The molecule has 0 radical (unpaired) electrons. The van der Waals surface area contributed by atoms with Gasteiger partial charge in [-0.1, -0.05) is 32.1 Å². The van der Waals surface area contributed by atoms with Crippen molar-refractivity contribution in [2.45, 2.75) is 76.3 Å². The molecule has 218 valence electrons. The summed E-state index contributed by atoms with van der Waals surface area (Å²) in [6, 6.07) is 3.32. The number of aromatic amines is 1. The second-order valence-electron chi connectivity index (χ2n) is 11.5. The quantitative estimate of drug-likeness (QED) is 0.280. The van der Waals surface area contributed by atoms with Crippen molar-refractivity contribution in [2.24, 2.45) is 35.3 Å². The highest BCUT2D eigenvalue weighted by Gasteiger charge is 2.70. The summed E-state index contributed by atoms with van der Waals surface area (Å²) in [5.41, 5.74) is 5.68. The summed E-state index contributed by atoms with van der Waals surface area (Å²) >= 11 is 0. The van der Waals surface area contributed by atoms with Crippen molar-refractivity contribution in [2.75, 3.05) is 7.11 Å². The lowest BCUT2D eigenvalue weighted by atomic mass is 9.57. The molecule has 2 unspecified atom stereocenters. The zero-order chi connectivity index (χ0) is 28.9. The van der Waals surface area contributed by atoms with E-state index in [0.717, 1.165) is 5.57 Å². The van der Waals surface area contributed by atoms with Gasteiger partial charge in [0.2, 0.25) is 0 Å². The summed E-state index contributed by atoms with van der Waals surface area (Å²) in [4.78, 5) is 41.3. The van der Waals surface area contributed by atoms with Gasteiger partial charge in [-0.15, -0.1) is 0 Å². The summed E-state index contributed by atoms with van der Waals surface area (Å²) in [5.74, 6) is -2.95. The maximum Gasteiger partial charge on any atom is 0.404 e. The average Bonchev–Trinajstić information content (AvgIpc) is 3.49. The first kappa shape index (κ1) is 28.4. The number of cyclic esters (lactones) is 1. The Balaban J connectivity index is 1.63. The minimum absolute atomic E-state index is 0.221. The van der Waals surface area contributed by atoms with Gasteiger partial charge in [0.25, 0.3) is 0 Å². The number of hydrogen-bond acceptors (Lipinski definition) is 9. The highest BCUT2D eigenvalue weighted by Crippen LogP contribution is 2.61. The number of esters is 2.